The second-order valence-corrected chi connectivity index (χ2v) is 6.32. The van der Waals surface area contributed by atoms with Crippen molar-refractivity contribution in [2.24, 2.45) is 0 Å². The summed E-state index contributed by atoms with van der Waals surface area (Å²) in [6.45, 7) is 2.40. The number of nitrogens with zero attached hydrogens (tertiary/aromatic N) is 1. The van der Waals surface area contributed by atoms with Gasteiger partial charge in [-0.15, -0.1) is 0 Å². The highest BCUT2D eigenvalue weighted by Gasteiger charge is 2.35. The van der Waals surface area contributed by atoms with E-state index < -0.39 is 17.3 Å². The number of phenolic OH excluding ortho intramolecular Hbond substituents is 2. The van der Waals surface area contributed by atoms with E-state index in [9.17, 15) is 24.6 Å². The van der Waals surface area contributed by atoms with Crippen molar-refractivity contribution in [3.63, 3.8) is 0 Å². The highest BCUT2D eigenvalue weighted by molar-refractivity contribution is 6.30. The number of rotatable bonds is 1. The zero-order chi connectivity index (χ0) is 18.4. The molecule has 2 aromatic carbocycles. The van der Waals surface area contributed by atoms with Gasteiger partial charge in [-0.05, 0) is 18.2 Å². The first-order chi connectivity index (χ1) is 12.5. The molecule has 1 fully saturated rings. The van der Waals surface area contributed by atoms with Gasteiger partial charge >= 0.3 is 0 Å². The number of carbonyl (C=O) groups excluding carboxylic acids is 3. The molecule has 1 amide bonds. The van der Waals surface area contributed by atoms with Crippen molar-refractivity contribution in [1.82, 2.24) is 10.2 Å². The summed E-state index contributed by atoms with van der Waals surface area (Å²) in [5.74, 6) is -2.19. The van der Waals surface area contributed by atoms with Crippen molar-refractivity contribution in [3.05, 3.63) is 58.1 Å². The van der Waals surface area contributed by atoms with Gasteiger partial charge in [0.15, 0.2) is 5.78 Å². The van der Waals surface area contributed by atoms with Gasteiger partial charge in [0.2, 0.25) is 5.78 Å². The van der Waals surface area contributed by atoms with E-state index in [0.717, 1.165) is 0 Å². The summed E-state index contributed by atoms with van der Waals surface area (Å²) >= 11 is 0. The Morgan fingerprint density at radius 2 is 1.62 bits per heavy atom. The number of piperazine rings is 1. The van der Waals surface area contributed by atoms with E-state index in [-0.39, 0.29) is 39.5 Å². The number of hydrogen-bond donors (Lipinski definition) is 3. The van der Waals surface area contributed by atoms with Gasteiger partial charge in [-0.1, -0.05) is 12.1 Å². The monoisotopic (exact) mass is 352 g/mol. The van der Waals surface area contributed by atoms with Crippen LogP contribution >= 0.6 is 0 Å². The van der Waals surface area contributed by atoms with Crippen LogP contribution in [0.2, 0.25) is 0 Å². The second-order valence-electron chi connectivity index (χ2n) is 6.32. The summed E-state index contributed by atoms with van der Waals surface area (Å²) in [6.07, 6.45) is 0. The van der Waals surface area contributed by atoms with Crippen LogP contribution in [0, 0.1) is 0 Å². The van der Waals surface area contributed by atoms with Gasteiger partial charge in [0, 0.05) is 42.9 Å². The first kappa shape index (κ1) is 16.3. The van der Waals surface area contributed by atoms with Gasteiger partial charge in [0.1, 0.15) is 11.5 Å². The first-order valence-corrected chi connectivity index (χ1v) is 8.27. The van der Waals surface area contributed by atoms with Crippen LogP contribution in [0.25, 0.3) is 0 Å². The minimum absolute atomic E-state index is 0.0217. The number of phenols is 2. The number of ketones is 2. The molecule has 2 aliphatic rings. The number of aromatic hydroxyl groups is 2. The van der Waals surface area contributed by atoms with E-state index in [4.69, 9.17) is 0 Å². The molecule has 0 spiro atoms. The highest BCUT2D eigenvalue weighted by Crippen LogP contribution is 2.37. The minimum atomic E-state index is -0.633. The number of benzene rings is 2. The van der Waals surface area contributed by atoms with Crippen molar-refractivity contribution in [2.45, 2.75) is 0 Å². The van der Waals surface area contributed by atoms with Crippen LogP contribution < -0.4 is 5.32 Å². The zero-order valence-corrected chi connectivity index (χ0v) is 13.8. The maximum absolute atomic E-state index is 12.8. The second kappa shape index (κ2) is 5.96. The molecule has 0 bridgehead atoms. The molecule has 0 radical (unpaired) electrons. The molecule has 7 nitrogen and oxygen atoms in total. The maximum atomic E-state index is 12.8. The summed E-state index contributed by atoms with van der Waals surface area (Å²) in [5.41, 5.74) is -0.101. The normalized spacial score (nSPS) is 16.2. The molecule has 26 heavy (non-hydrogen) atoms. The largest absolute Gasteiger partial charge is 0.507 e. The Labute approximate surface area is 148 Å². The number of carbonyl (C=O) groups is 3. The molecule has 0 aromatic heterocycles. The lowest BCUT2D eigenvalue weighted by atomic mass is 9.82. The van der Waals surface area contributed by atoms with Crippen molar-refractivity contribution in [3.8, 4) is 11.5 Å². The smallest absolute Gasteiger partial charge is 0.254 e. The molecule has 0 atom stereocenters. The zero-order valence-electron chi connectivity index (χ0n) is 13.8. The lowest BCUT2D eigenvalue weighted by Crippen LogP contribution is -2.46. The Morgan fingerprint density at radius 3 is 2.35 bits per heavy atom. The van der Waals surface area contributed by atoms with Crippen LogP contribution in [0.4, 0.5) is 0 Å². The first-order valence-electron chi connectivity index (χ1n) is 8.27. The number of hydrogen-bond acceptors (Lipinski definition) is 6. The predicted octanol–water partition coefficient (Wildman–Crippen LogP) is 0.919. The molecule has 4 rings (SSSR count). The molecular formula is C19H16N2O5. The average molecular weight is 352 g/mol. The Balaban J connectivity index is 1.82. The minimum Gasteiger partial charge on any atom is -0.507 e. The van der Waals surface area contributed by atoms with Gasteiger partial charge in [0.05, 0.1) is 11.1 Å². The van der Waals surface area contributed by atoms with Gasteiger partial charge in [0.25, 0.3) is 5.91 Å². The Bertz CT molecular complexity index is 961. The van der Waals surface area contributed by atoms with Crippen molar-refractivity contribution in [2.75, 3.05) is 26.2 Å². The highest BCUT2D eigenvalue weighted by atomic mass is 16.3. The van der Waals surface area contributed by atoms with Crippen LogP contribution in [0.1, 0.15) is 42.2 Å². The molecule has 1 aliphatic heterocycles. The van der Waals surface area contributed by atoms with Crippen LogP contribution in [-0.4, -0.2) is 58.8 Å². The van der Waals surface area contributed by atoms with Gasteiger partial charge < -0.3 is 20.4 Å². The molecule has 1 saturated heterocycles. The molecule has 3 N–H and O–H groups in total. The van der Waals surface area contributed by atoms with Crippen LogP contribution in [0.5, 0.6) is 11.5 Å². The molecule has 0 saturated carbocycles. The third-order valence-electron chi connectivity index (χ3n) is 4.75. The number of nitrogens with one attached hydrogen (secondary N) is 1. The fourth-order valence-corrected chi connectivity index (χ4v) is 3.46. The topological polar surface area (TPSA) is 107 Å². The summed E-state index contributed by atoms with van der Waals surface area (Å²) in [6, 6.07) is 6.79. The van der Waals surface area contributed by atoms with Crippen molar-refractivity contribution in [1.29, 1.82) is 0 Å². The number of amides is 1. The van der Waals surface area contributed by atoms with E-state index in [0.29, 0.717) is 26.2 Å². The lowest BCUT2D eigenvalue weighted by Gasteiger charge is -2.28. The summed E-state index contributed by atoms with van der Waals surface area (Å²) in [7, 11) is 0. The molecule has 2 aromatic rings. The van der Waals surface area contributed by atoms with E-state index in [1.807, 2.05) is 0 Å². The molecule has 1 aliphatic carbocycles. The molecule has 132 valence electrons. The fourth-order valence-electron chi connectivity index (χ4n) is 3.46. The average Bonchev–Trinajstić information content (AvgIpc) is 2.65. The SMILES string of the molecule is O=C1c2cccc(O)c2C(=O)c2c(O)cc(C(=O)N3CCNCC3)cc21. The maximum Gasteiger partial charge on any atom is 0.254 e. The summed E-state index contributed by atoms with van der Waals surface area (Å²) in [5, 5.41) is 23.4. The van der Waals surface area contributed by atoms with E-state index in [1.54, 1.807) is 4.90 Å². The standard InChI is InChI=1S/C19H16N2O5/c22-13-3-1-2-11-15(13)18(25)16-12(17(11)24)8-10(9-14(16)23)19(26)21-6-4-20-5-7-21/h1-3,8-9,20,22-23H,4-7H2. The number of fused-ring (bicyclic) bond motifs is 2. The molecule has 7 heteroatoms. The molecular weight excluding hydrogens is 336 g/mol. The van der Waals surface area contributed by atoms with Crippen LogP contribution in [-0.2, 0) is 0 Å². The van der Waals surface area contributed by atoms with Gasteiger partial charge in [-0.25, -0.2) is 0 Å². The van der Waals surface area contributed by atoms with E-state index in [1.165, 1.54) is 30.3 Å². The van der Waals surface area contributed by atoms with Gasteiger partial charge in [-0.2, -0.15) is 0 Å². The Morgan fingerprint density at radius 1 is 0.923 bits per heavy atom. The third kappa shape index (κ3) is 2.36. The van der Waals surface area contributed by atoms with Crippen molar-refractivity contribution >= 4 is 17.5 Å². The Hall–Kier alpha value is -3.19. The van der Waals surface area contributed by atoms with Gasteiger partial charge in [-0.3, -0.25) is 14.4 Å². The third-order valence-corrected chi connectivity index (χ3v) is 4.75. The van der Waals surface area contributed by atoms with Crippen molar-refractivity contribution < 1.29 is 24.6 Å². The molecule has 1 heterocycles. The summed E-state index contributed by atoms with van der Waals surface area (Å²) < 4.78 is 0. The fraction of sp³-hybridized carbons (Fsp3) is 0.211. The molecule has 0 unspecified atom stereocenters. The summed E-state index contributed by atoms with van der Waals surface area (Å²) in [4.78, 5) is 39.8. The van der Waals surface area contributed by atoms with E-state index in [2.05, 4.69) is 5.32 Å². The van der Waals surface area contributed by atoms with Crippen LogP contribution in [0.3, 0.4) is 0 Å². The Kier molecular flexibility index (Phi) is 3.73. The predicted molar refractivity (Wildman–Crippen MR) is 91.9 cm³/mol. The van der Waals surface area contributed by atoms with Crippen LogP contribution in [0.15, 0.2) is 30.3 Å². The quantitative estimate of drug-likeness (QED) is 0.601. The van der Waals surface area contributed by atoms with E-state index >= 15 is 0 Å². The lowest BCUT2D eigenvalue weighted by molar-refractivity contribution is 0.0735.